The van der Waals surface area contributed by atoms with E-state index in [1.807, 2.05) is 13.0 Å². The van der Waals surface area contributed by atoms with Crippen molar-refractivity contribution in [1.29, 1.82) is 0 Å². The van der Waals surface area contributed by atoms with Gasteiger partial charge >= 0.3 is 0 Å². The zero-order valence-corrected chi connectivity index (χ0v) is 12.7. The molecule has 6 nitrogen and oxygen atoms in total. The Morgan fingerprint density at radius 1 is 1.43 bits per heavy atom. The number of nitrogens with zero attached hydrogens (tertiary/aromatic N) is 2. The standard InChI is InChI=1S/C15H23N3O3/c1-12-3-4-14(15(9-12)18(19)20)16-10-13(2)11-17-5-7-21-8-6-17/h3-4,9,13,16H,5-8,10-11H2,1-2H3. The normalized spacial score (nSPS) is 17.4. The Hall–Kier alpha value is -1.66. The Bertz CT molecular complexity index is 487. The molecule has 1 atom stereocenters. The Morgan fingerprint density at radius 2 is 2.14 bits per heavy atom. The fourth-order valence-electron chi connectivity index (χ4n) is 2.52. The number of anilines is 1. The Labute approximate surface area is 125 Å². The highest BCUT2D eigenvalue weighted by Gasteiger charge is 2.16. The van der Waals surface area contributed by atoms with Gasteiger partial charge in [0.2, 0.25) is 0 Å². The summed E-state index contributed by atoms with van der Waals surface area (Å²) in [5, 5.41) is 14.3. The van der Waals surface area contributed by atoms with E-state index in [-0.39, 0.29) is 10.6 Å². The first kappa shape index (κ1) is 15.7. The average molecular weight is 293 g/mol. The van der Waals surface area contributed by atoms with E-state index in [1.54, 1.807) is 12.1 Å². The number of hydrogen-bond acceptors (Lipinski definition) is 5. The molecule has 1 fully saturated rings. The maximum Gasteiger partial charge on any atom is 0.292 e. The molecule has 0 saturated carbocycles. The topological polar surface area (TPSA) is 67.6 Å². The predicted molar refractivity (Wildman–Crippen MR) is 82.7 cm³/mol. The maximum absolute atomic E-state index is 11.1. The molecule has 1 heterocycles. The van der Waals surface area contributed by atoms with Crippen molar-refractivity contribution >= 4 is 11.4 Å². The molecule has 2 rings (SSSR count). The summed E-state index contributed by atoms with van der Waals surface area (Å²) in [6.45, 7) is 9.24. The number of aryl methyl sites for hydroxylation is 1. The fourth-order valence-corrected chi connectivity index (χ4v) is 2.52. The molecule has 1 N–H and O–H groups in total. The van der Waals surface area contributed by atoms with Gasteiger partial charge in [0.15, 0.2) is 0 Å². The third kappa shape index (κ3) is 4.68. The second-order valence-electron chi connectivity index (χ2n) is 5.68. The molecular weight excluding hydrogens is 270 g/mol. The molecule has 0 aliphatic carbocycles. The number of morpholine rings is 1. The summed E-state index contributed by atoms with van der Waals surface area (Å²) in [6, 6.07) is 5.28. The minimum atomic E-state index is -0.331. The molecule has 21 heavy (non-hydrogen) atoms. The lowest BCUT2D eigenvalue weighted by atomic mass is 10.1. The van der Waals surface area contributed by atoms with E-state index in [0.717, 1.165) is 45.0 Å². The fraction of sp³-hybridized carbons (Fsp3) is 0.600. The smallest absolute Gasteiger partial charge is 0.292 e. The molecule has 0 amide bonds. The van der Waals surface area contributed by atoms with Crippen LogP contribution in [0.1, 0.15) is 12.5 Å². The molecule has 0 radical (unpaired) electrons. The highest BCUT2D eigenvalue weighted by atomic mass is 16.6. The van der Waals surface area contributed by atoms with Gasteiger partial charge < -0.3 is 10.1 Å². The maximum atomic E-state index is 11.1. The van der Waals surface area contributed by atoms with E-state index < -0.39 is 0 Å². The molecule has 1 aromatic carbocycles. The highest BCUT2D eigenvalue weighted by Crippen LogP contribution is 2.25. The lowest BCUT2D eigenvalue weighted by Crippen LogP contribution is -2.40. The number of nitro benzene ring substituents is 1. The van der Waals surface area contributed by atoms with Crippen LogP contribution in [-0.4, -0.2) is 49.2 Å². The lowest BCUT2D eigenvalue weighted by molar-refractivity contribution is -0.384. The first-order chi connectivity index (χ1) is 10.1. The van der Waals surface area contributed by atoms with Crippen LogP contribution >= 0.6 is 0 Å². The van der Waals surface area contributed by atoms with Crippen molar-refractivity contribution in [1.82, 2.24) is 4.90 Å². The number of hydrogen-bond donors (Lipinski definition) is 1. The van der Waals surface area contributed by atoms with Gasteiger partial charge in [-0.05, 0) is 24.5 Å². The van der Waals surface area contributed by atoms with Gasteiger partial charge in [0.05, 0.1) is 18.1 Å². The molecule has 1 saturated heterocycles. The Balaban J connectivity index is 1.88. The lowest BCUT2D eigenvalue weighted by Gasteiger charge is -2.29. The molecule has 1 aliphatic rings. The number of nitrogens with one attached hydrogen (secondary N) is 1. The van der Waals surface area contributed by atoms with E-state index in [1.165, 1.54) is 0 Å². The average Bonchev–Trinajstić information content (AvgIpc) is 2.47. The van der Waals surface area contributed by atoms with E-state index in [2.05, 4.69) is 17.1 Å². The third-order valence-electron chi connectivity index (χ3n) is 3.66. The van der Waals surface area contributed by atoms with Gasteiger partial charge in [-0.15, -0.1) is 0 Å². The molecule has 116 valence electrons. The number of benzene rings is 1. The molecular formula is C15H23N3O3. The van der Waals surface area contributed by atoms with Crippen molar-refractivity contribution in [2.75, 3.05) is 44.7 Å². The third-order valence-corrected chi connectivity index (χ3v) is 3.66. The van der Waals surface area contributed by atoms with Crippen LogP contribution in [0.4, 0.5) is 11.4 Å². The molecule has 1 unspecified atom stereocenters. The van der Waals surface area contributed by atoms with Crippen molar-refractivity contribution in [3.8, 4) is 0 Å². The molecule has 6 heteroatoms. The van der Waals surface area contributed by atoms with Gasteiger partial charge in [-0.2, -0.15) is 0 Å². The molecule has 0 bridgehead atoms. The number of nitro groups is 1. The number of ether oxygens (including phenoxy) is 1. The SMILES string of the molecule is Cc1ccc(NCC(C)CN2CCOCC2)c([N+](=O)[O-])c1. The second-order valence-corrected chi connectivity index (χ2v) is 5.68. The van der Waals surface area contributed by atoms with Crippen molar-refractivity contribution < 1.29 is 9.66 Å². The van der Waals surface area contributed by atoms with Gasteiger partial charge in [-0.1, -0.05) is 13.0 Å². The quantitative estimate of drug-likeness (QED) is 0.644. The van der Waals surface area contributed by atoms with E-state index in [4.69, 9.17) is 4.74 Å². The highest BCUT2D eigenvalue weighted by molar-refractivity contribution is 5.62. The summed E-state index contributed by atoms with van der Waals surface area (Å²) in [5.41, 5.74) is 1.64. The van der Waals surface area contributed by atoms with Crippen LogP contribution in [0.5, 0.6) is 0 Å². The van der Waals surface area contributed by atoms with Gasteiger partial charge in [-0.3, -0.25) is 15.0 Å². The summed E-state index contributed by atoms with van der Waals surface area (Å²) in [6.07, 6.45) is 0. The summed E-state index contributed by atoms with van der Waals surface area (Å²) in [4.78, 5) is 13.1. The van der Waals surface area contributed by atoms with Gasteiger partial charge in [0, 0.05) is 32.2 Å². The summed E-state index contributed by atoms with van der Waals surface area (Å²) in [5.74, 6) is 0.420. The monoisotopic (exact) mass is 293 g/mol. The van der Waals surface area contributed by atoms with Gasteiger partial charge in [0.1, 0.15) is 5.69 Å². The molecule has 1 aliphatic heterocycles. The van der Waals surface area contributed by atoms with Crippen LogP contribution in [-0.2, 0) is 4.74 Å². The second kappa shape index (κ2) is 7.38. The minimum Gasteiger partial charge on any atom is -0.379 e. The Morgan fingerprint density at radius 3 is 2.81 bits per heavy atom. The summed E-state index contributed by atoms with van der Waals surface area (Å²) >= 11 is 0. The summed E-state index contributed by atoms with van der Waals surface area (Å²) in [7, 11) is 0. The van der Waals surface area contributed by atoms with E-state index in [0.29, 0.717) is 11.6 Å². The van der Waals surface area contributed by atoms with Crippen LogP contribution in [0.25, 0.3) is 0 Å². The van der Waals surface area contributed by atoms with Gasteiger partial charge in [-0.25, -0.2) is 0 Å². The zero-order chi connectivity index (χ0) is 15.2. The van der Waals surface area contributed by atoms with Crippen LogP contribution in [0.2, 0.25) is 0 Å². The van der Waals surface area contributed by atoms with Crippen molar-refractivity contribution in [3.63, 3.8) is 0 Å². The van der Waals surface area contributed by atoms with Crippen molar-refractivity contribution in [2.45, 2.75) is 13.8 Å². The zero-order valence-electron chi connectivity index (χ0n) is 12.7. The molecule has 0 aromatic heterocycles. The van der Waals surface area contributed by atoms with E-state index >= 15 is 0 Å². The predicted octanol–water partition coefficient (Wildman–Crippen LogP) is 2.28. The minimum absolute atomic E-state index is 0.147. The van der Waals surface area contributed by atoms with E-state index in [9.17, 15) is 10.1 Å². The Kier molecular flexibility index (Phi) is 5.52. The van der Waals surface area contributed by atoms with Crippen LogP contribution in [0.15, 0.2) is 18.2 Å². The van der Waals surface area contributed by atoms with Gasteiger partial charge in [0.25, 0.3) is 5.69 Å². The van der Waals surface area contributed by atoms with Crippen molar-refractivity contribution in [3.05, 3.63) is 33.9 Å². The van der Waals surface area contributed by atoms with Crippen LogP contribution in [0, 0.1) is 23.0 Å². The van der Waals surface area contributed by atoms with Crippen LogP contribution < -0.4 is 5.32 Å². The largest absolute Gasteiger partial charge is 0.379 e. The first-order valence-corrected chi connectivity index (χ1v) is 7.35. The molecule has 0 spiro atoms. The molecule has 1 aromatic rings. The first-order valence-electron chi connectivity index (χ1n) is 7.35. The van der Waals surface area contributed by atoms with Crippen LogP contribution in [0.3, 0.4) is 0 Å². The number of rotatable bonds is 6. The summed E-state index contributed by atoms with van der Waals surface area (Å²) < 4.78 is 5.33. The van der Waals surface area contributed by atoms with Crippen molar-refractivity contribution in [2.24, 2.45) is 5.92 Å².